The van der Waals surface area contributed by atoms with Crippen LogP contribution in [0.1, 0.15) is 70.7 Å². The van der Waals surface area contributed by atoms with Gasteiger partial charge in [0.2, 0.25) is 0 Å². The number of hydrogen-bond donors (Lipinski definition) is 1. The minimum Gasteiger partial charge on any atom is -0.309 e. The highest BCUT2D eigenvalue weighted by molar-refractivity contribution is 7.12. The van der Waals surface area contributed by atoms with Crippen LogP contribution in [0.4, 0.5) is 0 Å². The summed E-state index contributed by atoms with van der Waals surface area (Å²) in [5.41, 5.74) is 0.562. The normalized spacial score (nSPS) is 14.8. The molecule has 1 aromatic heterocycles. The van der Waals surface area contributed by atoms with Crippen LogP contribution in [0.3, 0.4) is 0 Å². The quantitative estimate of drug-likeness (QED) is 0.779. The third kappa shape index (κ3) is 3.58. The molecule has 0 aliphatic heterocycles. The van der Waals surface area contributed by atoms with E-state index in [1.54, 1.807) is 0 Å². The molecule has 1 unspecified atom stereocenters. The predicted molar refractivity (Wildman–Crippen MR) is 83.5 cm³/mol. The van der Waals surface area contributed by atoms with E-state index in [4.69, 9.17) is 0 Å². The Kier molecular flexibility index (Phi) is 5.02. The van der Waals surface area contributed by atoms with Gasteiger partial charge in [0, 0.05) is 15.8 Å². The highest BCUT2D eigenvalue weighted by atomic mass is 32.1. The van der Waals surface area contributed by atoms with Crippen molar-refractivity contribution in [3.63, 3.8) is 0 Å². The second-order valence-corrected chi connectivity index (χ2v) is 7.90. The third-order valence-corrected chi connectivity index (χ3v) is 5.33. The van der Waals surface area contributed by atoms with Gasteiger partial charge in [0.1, 0.15) is 0 Å². The third-order valence-electron chi connectivity index (χ3n) is 3.75. The molecule has 1 aromatic rings. The fourth-order valence-corrected chi connectivity index (χ4v) is 3.43. The molecule has 2 heteroatoms. The van der Waals surface area contributed by atoms with Crippen molar-refractivity contribution < 1.29 is 0 Å². The van der Waals surface area contributed by atoms with E-state index in [2.05, 4.69) is 65.9 Å². The van der Waals surface area contributed by atoms with Crippen molar-refractivity contribution in [1.82, 2.24) is 5.32 Å². The highest BCUT2D eigenvalue weighted by Crippen LogP contribution is 2.41. The second kappa shape index (κ2) is 5.75. The van der Waals surface area contributed by atoms with Crippen LogP contribution in [0.2, 0.25) is 0 Å². The molecular formula is C16H29NS. The Morgan fingerprint density at radius 1 is 1.11 bits per heavy atom. The molecule has 0 saturated carbocycles. The SMILES string of the molecule is CCNC(c1ccc(C(C)(C)C)s1)C(C)(C)CC. The first-order valence-electron chi connectivity index (χ1n) is 7.06. The topological polar surface area (TPSA) is 12.0 Å². The summed E-state index contributed by atoms with van der Waals surface area (Å²) < 4.78 is 0. The number of nitrogens with one attached hydrogen (secondary N) is 1. The average molecular weight is 267 g/mol. The lowest BCUT2D eigenvalue weighted by Gasteiger charge is -2.33. The van der Waals surface area contributed by atoms with E-state index in [0.29, 0.717) is 11.5 Å². The van der Waals surface area contributed by atoms with E-state index < -0.39 is 0 Å². The Bertz CT molecular complexity index is 371. The van der Waals surface area contributed by atoms with E-state index >= 15 is 0 Å². The van der Waals surface area contributed by atoms with Crippen LogP contribution in [-0.4, -0.2) is 6.54 Å². The first-order chi connectivity index (χ1) is 8.22. The van der Waals surface area contributed by atoms with Gasteiger partial charge in [-0.3, -0.25) is 0 Å². The highest BCUT2D eigenvalue weighted by Gasteiger charge is 2.30. The molecule has 0 aromatic carbocycles. The van der Waals surface area contributed by atoms with Gasteiger partial charge in [0.15, 0.2) is 0 Å². The van der Waals surface area contributed by atoms with E-state index in [9.17, 15) is 0 Å². The summed E-state index contributed by atoms with van der Waals surface area (Å²) in [4.78, 5) is 2.96. The van der Waals surface area contributed by atoms with Gasteiger partial charge in [-0.15, -0.1) is 11.3 Å². The summed E-state index contributed by atoms with van der Waals surface area (Å²) in [6.45, 7) is 17.1. The zero-order valence-electron chi connectivity index (χ0n) is 13.1. The summed E-state index contributed by atoms with van der Waals surface area (Å²) in [5, 5.41) is 3.67. The summed E-state index contributed by atoms with van der Waals surface area (Å²) in [5.74, 6) is 0. The van der Waals surface area contributed by atoms with Crippen molar-refractivity contribution in [1.29, 1.82) is 0 Å². The molecule has 1 nitrogen and oxygen atoms in total. The van der Waals surface area contributed by atoms with Crippen molar-refractivity contribution in [2.75, 3.05) is 6.54 Å². The van der Waals surface area contributed by atoms with Crippen molar-refractivity contribution in [3.8, 4) is 0 Å². The molecule has 0 bridgehead atoms. The van der Waals surface area contributed by atoms with Crippen LogP contribution in [-0.2, 0) is 5.41 Å². The van der Waals surface area contributed by atoms with Gasteiger partial charge in [-0.1, -0.05) is 48.5 Å². The van der Waals surface area contributed by atoms with E-state index in [-0.39, 0.29) is 5.41 Å². The average Bonchev–Trinajstić information content (AvgIpc) is 2.74. The molecule has 0 radical (unpaired) electrons. The Labute approximate surface area is 117 Å². The van der Waals surface area contributed by atoms with Crippen molar-refractivity contribution in [3.05, 3.63) is 21.9 Å². The first-order valence-corrected chi connectivity index (χ1v) is 7.87. The summed E-state index contributed by atoms with van der Waals surface area (Å²) in [6.07, 6.45) is 1.19. The minimum absolute atomic E-state index is 0.260. The monoisotopic (exact) mass is 267 g/mol. The largest absolute Gasteiger partial charge is 0.309 e. The Balaban J connectivity index is 3.04. The van der Waals surface area contributed by atoms with Crippen LogP contribution in [0, 0.1) is 5.41 Å². The smallest absolute Gasteiger partial charge is 0.0466 e. The van der Waals surface area contributed by atoms with E-state index in [1.807, 2.05) is 11.3 Å². The standard InChI is InChI=1S/C16H29NS/c1-8-16(6,7)14(17-9-2)12-10-11-13(18-12)15(3,4)5/h10-11,14,17H,8-9H2,1-7H3. The fraction of sp³-hybridized carbons (Fsp3) is 0.750. The molecule has 0 saturated heterocycles. The van der Waals surface area contributed by atoms with Crippen LogP contribution >= 0.6 is 11.3 Å². The van der Waals surface area contributed by atoms with Gasteiger partial charge in [0.05, 0.1) is 0 Å². The van der Waals surface area contributed by atoms with Crippen LogP contribution in [0.15, 0.2) is 12.1 Å². The molecule has 0 amide bonds. The lowest BCUT2D eigenvalue weighted by Crippen LogP contribution is -2.33. The Hall–Kier alpha value is -0.340. The zero-order valence-corrected chi connectivity index (χ0v) is 13.9. The van der Waals surface area contributed by atoms with Crippen molar-refractivity contribution >= 4 is 11.3 Å². The van der Waals surface area contributed by atoms with Gasteiger partial charge in [-0.25, -0.2) is 0 Å². The van der Waals surface area contributed by atoms with Crippen LogP contribution in [0.5, 0.6) is 0 Å². The molecule has 18 heavy (non-hydrogen) atoms. The zero-order chi connectivity index (χ0) is 14.0. The van der Waals surface area contributed by atoms with Gasteiger partial charge < -0.3 is 5.32 Å². The van der Waals surface area contributed by atoms with Gasteiger partial charge >= 0.3 is 0 Å². The van der Waals surface area contributed by atoms with E-state index in [1.165, 1.54) is 16.2 Å². The molecule has 104 valence electrons. The maximum Gasteiger partial charge on any atom is 0.0466 e. The van der Waals surface area contributed by atoms with Crippen LogP contribution < -0.4 is 5.32 Å². The predicted octanol–water partition coefficient (Wildman–Crippen LogP) is 5.13. The minimum atomic E-state index is 0.260. The summed E-state index contributed by atoms with van der Waals surface area (Å²) >= 11 is 1.97. The van der Waals surface area contributed by atoms with E-state index in [0.717, 1.165) is 6.54 Å². The molecule has 1 heterocycles. The van der Waals surface area contributed by atoms with Gasteiger partial charge in [-0.2, -0.15) is 0 Å². The molecule has 0 aliphatic rings. The number of hydrogen-bond acceptors (Lipinski definition) is 2. The summed E-state index contributed by atoms with van der Waals surface area (Å²) in [7, 11) is 0. The molecule has 1 atom stereocenters. The Morgan fingerprint density at radius 3 is 2.11 bits per heavy atom. The second-order valence-electron chi connectivity index (χ2n) is 6.78. The first kappa shape index (κ1) is 15.7. The summed E-state index contributed by atoms with van der Waals surface area (Å²) in [6, 6.07) is 5.08. The molecule has 0 spiro atoms. The molecule has 0 fully saturated rings. The molecular weight excluding hydrogens is 238 g/mol. The lowest BCUT2D eigenvalue weighted by molar-refractivity contribution is 0.240. The maximum atomic E-state index is 3.67. The lowest BCUT2D eigenvalue weighted by atomic mass is 9.81. The number of thiophene rings is 1. The Morgan fingerprint density at radius 2 is 1.72 bits per heavy atom. The van der Waals surface area contributed by atoms with Crippen molar-refractivity contribution in [2.24, 2.45) is 5.41 Å². The molecule has 1 rings (SSSR count). The molecule has 0 aliphatic carbocycles. The van der Waals surface area contributed by atoms with Crippen LogP contribution in [0.25, 0.3) is 0 Å². The number of rotatable bonds is 5. The van der Waals surface area contributed by atoms with Gasteiger partial charge in [-0.05, 0) is 35.9 Å². The fourth-order valence-electron chi connectivity index (χ4n) is 2.08. The van der Waals surface area contributed by atoms with Crippen molar-refractivity contribution in [2.45, 2.75) is 66.3 Å². The van der Waals surface area contributed by atoms with Gasteiger partial charge in [0.25, 0.3) is 0 Å². The maximum absolute atomic E-state index is 3.67. The molecule has 1 N–H and O–H groups in total.